The van der Waals surface area contributed by atoms with E-state index in [-0.39, 0.29) is 34.4 Å². The molecule has 2 aliphatic rings. The number of hydrogen-bond donors (Lipinski definition) is 5. The Labute approximate surface area is 218 Å². The number of aromatic carboxylic acids is 1. The van der Waals surface area contributed by atoms with Gasteiger partial charge in [-0.3, -0.25) is 9.59 Å². The molecule has 0 aromatic carbocycles. The van der Waals surface area contributed by atoms with Gasteiger partial charge in [-0.1, -0.05) is 11.6 Å². The quantitative estimate of drug-likeness (QED) is 0.209. The zero-order chi connectivity index (χ0) is 28.0. The zero-order valence-corrected chi connectivity index (χ0v) is 21.2. The fraction of sp³-hybridized carbons (Fsp3) is 0.542. The van der Waals surface area contributed by atoms with Gasteiger partial charge in [0.15, 0.2) is 11.6 Å². The molecule has 0 amide bonds. The zero-order valence-electron chi connectivity index (χ0n) is 21.2. The highest BCUT2D eigenvalue weighted by Crippen LogP contribution is 2.37. The van der Waals surface area contributed by atoms with Crippen LogP contribution in [0.1, 0.15) is 48.5 Å². The van der Waals surface area contributed by atoms with Crippen molar-refractivity contribution in [1.82, 2.24) is 9.55 Å². The molecule has 0 spiro atoms. The minimum atomic E-state index is -1.34. The third-order valence-electron chi connectivity index (χ3n) is 6.45. The second-order valence-electron chi connectivity index (χ2n) is 9.29. The highest BCUT2D eigenvalue weighted by molar-refractivity contribution is 5.95. The number of pyridine rings is 2. The number of hydrogen-bond acceptors (Lipinski definition) is 10. The van der Waals surface area contributed by atoms with Gasteiger partial charge in [-0.15, -0.1) is 0 Å². The first kappa shape index (κ1) is 28.9. The summed E-state index contributed by atoms with van der Waals surface area (Å²) in [5.74, 6) is -2.96. The maximum absolute atomic E-state index is 14.9. The number of nitrogens with zero attached hydrogens (tertiary/aromatic N) is 4. The van der Waals surface area contributed by atoms with E-state index in [2.05, 4.69) is 10.1 Å². The Bertz CT molecular complexity index is 1260. The minimum Gasteiger partial charge on any atom is -0.480 e. The number of unbranched alkanes of at least 4 members (excludes halogenated alkanes) is 1. The predicted octanol–water partition coefficient (Wildman–Crippen LogP) is 0.493. The van der Waals surface area contributed by atoms with Gasteiger partial charge in [0.1, 0.15) is 24.4 Å². The van der Waals surface area contributed by atoms with Gasteiger partial charge in [0.2, 0.25) is 5.43 Å². The number of fused-ring (bicyclic) bond motifs is 1. The van der Waals surface area contributed by atoms with Crippen LogP contribution in [-0.2, 0) is 9.63 Å². The van der Waals surface area contributed by atoms with E-state index < -0.39 is 29.2 Å². The second-order valence-corrected chi connectivity index (χ2v) is 9.29. The topological polar surface area (TPSA) is 212 Å². The van der Waals surface area contributed by atoms with Crippen molar-refractivity contribution in [2.24, 2.45) is 28.3 Å². The first-order valence-corrected chi connectivity index (χ1v) is 12.3. The van der Waals surface area contributed by atoms with E-state index in [4.69, 9.17) is 27.1 Å². The monoisotopic (exact) mass is 535 g/mol. The predicted molar refractivity (Wildman–Crippen MR) is 139 cm³/mol. The summed E-state index contributed by atoms with van der Waals surface area (Å²) in [5, 5.41) is 21.6. The molecule has 2 fully saturated rings. The van der Waals surface area contributed by atoms with Crippen molar-refractivity contribution < 1.29 is 29.0 Å². The Kier molecular flexibility index (Phi) is 9.72. The number of halogens is 1. The van der Waals surface area contributed by atoms with E-state index in [0.29, 0.717) is 38.3 Å². The summed E-state index contributed by atoms with van der Waals surface area (Å²) in [5.41, 5.74) is 16.1. The normalized spacial score (nSPS) is 18.8. The lowest BCUT2D eigenvalue weighted by atomic mass is 10.1. The number of aromatic nitrogens is 2. The number of aliphatic carboxylic acids is 1. The average Bonchev–Trinajstić information content (AvgIpc) is 3.64. The molecule has 1 saturated carbocycles. The van der Waals surface area contributed by atoms with Crippen molar-refractivity contribution in [1.29, 1.82) is 0 Å². The summed E-state index contributed by atoms with van der Waals surface area (Å²) < 4.78 is 16.5. The van der Waals surface area contributed by atoms with Crippen LogP contribution in [0.3, 0.4) is 0 Å². The lowest BCUT2D eigenvalue weighted by molar-refractivity contribution is -0.138. The van der Waals surface area contributed by atoms with Gasteiger partial charge in [0, 0.05) is 31.2 Å². The highest BCUT2D eigenvalue weighted by atomic mass is 19.1. The molecule has 0 radical (unpaired) electrons. The molecule has 14 heteroatoms. The first-order valence-electron chi connectivity index (χ1n) is 12.3. The molecule has 2 atom stereocenters. The molecular weight excluding hydrogens is 501 g/mol. The van der Waals surface area contributed by atoms with Crippen molar-refractivity contribution in [3.8, 4) is 0 Å². The van der Waals surface area contributed by atoms with Crippen molar-refractivity contribution in [2.75, 3.05) is 38.2 Å². The van der Waals surface area contributed by atoms with Gasteiger partial charge in [-0.2, -0.15) is 0 Å². The fourth-order valence-corrected chi connectivity index (χ4v) is 4.23. The first-order chi connectivity index (χ1) is 18.1. The molecule has 208 valence electrons. The number of carbonyl (C=O) groups is 2. The third-order valence-corrected chi connectivity index (χ3v) is 6.45. The number of nitrogens with two attached hydrogens (primary N) is 3. The Hall–Kier alpha value is -3.62. The van der Waals surface area contributed by atoms with Crippen LogP contribution in [-0.4, -0.2) is 76.7 Å². The summed E-state index contributed by atoms with van der Waals surface area (Å²) in [6, 6.07) is 0.424. The van der Waals surface area contributed by atoms with Crippen LogP contribution in [0.15, 0.2) is 22.2 Å². The van der Waals surface area contributed by atoms with E-state index >= 15 is 0 Å². The van der Waals surface area contributed by atoms with Crippen molar-refractivity contribution in [3.05, 3.63) is 33.9 Å². The van der Waals surface area contributed by atoms with Gasteiger partial charge in [-0.25, -0.2) is 14.2 Å². The van der Waals surface area contributed by atoms with Crippen molar-refractivity contribution >= 4 is 34.5 Å². The van der Waals surface area contributed by atoms with Crippen molar-refractivity contribution in [2.45, 2.75) is 44.2 Å². The van der Waals surface area contributed by atoms with Gasteiger partial charge >= 0.3 is 11.9 Å². The average molecular weight is 536 g/mol. The van der Waals surface area contributed by atoms with Gasteiger partial charge in [0.25, 0.3) is 0 Å². The molecule has 1 aliphatic heterocycles. The smallest absolute Gasteiger partial charge is 0.341 e. The van der Waals surface area contributed by atoms with Crippen molar-refractivity contribution in [3.63, 3.8) is 0 Å². The lowest BCUT2D eigenvalue weighted by Crippen LogP contribution is -2.29. The molecule has 4 rings (SSSR count). The Morgan fingerprint density at radius 3 is 2.55 bits per heavy atom. The van der Waals surface area contributed by atoms with Gasteiger partial charge < -0.3 is 41.7 Å². The summed E-state index contributed by atoms with van der Waals surface area (Å²) in [6.07, 6.45) is 5.19. The van der Waals surface area contributed by atoms with E-state index in [1.54, 1.807) is 9.47 Å². The molecule has 2 aromatic rings. The maximum atomic E-state index is 14.9. The summed E-state index contributed by atoms with van der Waals surface area (Å²) in [7, 11) is 1.44. The van der Waals surface area contributed by atoms with E-state index in [1.807, 2.05) is 0 Å². The molecule has 1 saturated heterocycles. The Morgan fingerprint density at radius 1 is 1.29 bits per heavy atom. The fourth-order valence-electron chi connectivity index (χ4n) is 4.23. The number of oxime groups is 1. The summed E-state index contributed by atoms with van der Waals surface area (Å²) in [6.45, 7) is 1.68. The molecule has 3 heterocycles. The second kappa shape index (κ2) is 12.8. The van der Waals surface area contributed by atoms with Crippen LogP contribution in [0.4, 0.5) is 10.2 Å². The van der Waals surface area contributed by atoms with E-state index in [1.165, 1.54) is 13.3 Å². The number of rotatable bonds is 10. The Balaban J connectivity index is 0.000000342. The largest absolute Gasteiger partial charge is 0.480 e. The van der Waals surface area contributed by atoms with Gasteiger partial charge in [0.05, 0.1) is 17.6 Å². The Morgan fingerprint density at radius 2 is 2.00 bits per heavy atom. The van der Waals surface area contributed by atoms with Crippen LogP contribution in [0, 0.1) is 11.7 Å². The molecule has 2 aromatic heterocycles. The summed E-state index contributed by atoms with van der Waals surface area (Å²) in [4.78, 5) is 45.0. The van der Waals surface area contributed by atoms with Crippen LogP contribution in [0.5, 0.6) is 0 Å². The molecular formula is C24H34FN7O6. The van der Waals surface area contributed by atoms with Crippen LogP contribution >= 0.6 is 0 Å². The highest BCUT2D eigenvalue weighted by Gasteiger charge is 2.33. The number of anilines is 1. The SMILES string of the molecule is CO/N=C1\CN(c2nc3c(cc2F)c(=O)c(C(=O)O)cn3C2CC2)CC1CN.NCCCCC(N)C(=O)O. The minimum absolute atomic E-state index is 0.0339. The third kappa shape index (κ3) is 6.62. The van der Waals surface area contributed by atoms with E-state index in [9.17, 15) is 23.9 Å². The number of carboxylic acids is 2. The lowest BCUT2D eigenvalue weighted by Gasteiger charge is -2.19. The van der Waals surface area contributed by atoms with Crippen LogP contribution in [0.2, 0.25) is 0 Å². The molecule has 13 nitrogen and oxygen atoms in total. The molecule has 2 unspecified atom stereocenters. The molecule has 8 N–H and O–H groups in total. The van der Waals surface area contributed by atoms with E-state index in [0.717, 1.165) is 31.7 Å². The standard InChI is InChI=1S/C18H20FN5O4.C6H14N2O2/c1-28-22-14-8-23(6-9(14)5-20)17-13(19)4-11-15(25)12(18(26)27)7-24(10-2-3-10)16(11)21-17;7-4-2-1-3-5(8)6(9)10/h4,7,9-10H,2-3,5-6,8,20H2,1H3,(H,26,27);5H,1-4,7-8H2,(H,9,10)/b22-14+;. The molecule has 0 bridgehead atoms. The number of carboxylic acid groups (broad SMARTS) is 2. The van der Waals surface area contributed by atoms with Crippen LogP contribution in [0.25, 0.3) is 11.0 Å². The van der Waals surface area contributed by atoms with Gasteiger partial charge in [-0.05, 0) is 38.3 Å². The maximum Gasteiger partial charge on any atom is 0.341 e. The van der Waals surface area contributed by atoms with Crippen LogP contribution < -0.4 is 27.5 Å². The molecule has 38 heavy (non-hydrogen) atoms. The molecule has 1 aliphatic carbocycles. The summed E-state index contributed by atoms with van der Waals surface area (Å²) >= 11 is 0.